The van der Waals surface area contributed by atoms with E-state index in [1.165, 1.54) is 31.3 Å². The Bertz CT molecular complexity index is 1430. The van der Waals surface area contributed by atoms with Crippen LogP contribution in [0.15, 0.2) is 36.6 Å². The van der Waals surface area contributed by atoms with Crippen molar-refractivity contribution in [2.75, 3.05) is 24.3 Å². The number of nitrogens with one attached hydrogen (secondary N) is 2. The molecule has 0 radical (unpaired) electrons. The summed E-state index contributed by atoms with van der Waals surface area (Å²) in [7, 11) is 2.62. The third-order valence-corrected chi connectivity index (χ3v) is 8.24. The summed E-state index contributed by atoms with van der Waals surface area (Å²) in [6.45, 7) is 0. The number of rotatable bonds is 8. The Balaban J connectivity index is 1.51. The van der Waals surface area contributed by atoms with Crippen molar-refractivity contribution in [1.29, 1.82) is 0 Å². The molecule has 5 N–H and O–H groups in total. The zero-order valence-corrected chi connectivity index (χ0v) is 21.0. The number of thioether (sulfide) groups is 2. The second-order valence-electron chi connectivity index (χ2n) is 7.30. The van der Waals surface area contributed by atoms with Gasteiger partial charge in [0.05, 0.1) is 0 Å². The Morgan fingerprint density at radius 1 is 1.42 bits per heavy atom. The second-order valence-corrected chi connectivity index (χ2v) is 10.2. The van der Waals surface area contributed by atoms with Crippen molar-refractivity contribution in [1.82, 2.24) is 30.0 Å². The number of β-lactam (4-membered cyclic amide) rings is 1. The van der Waals surface area contributed by atoms with Gasteiger partial charge in [0, 0.05) is 23.9 Å². The van der Waals surface area contributed by atoms with E-state index in [2.05, 4.69) is 25.7 Å². The van der Waals surface area contributed by atoms with Crippen LogP contribution in [0.4, 0.5) is 5.13 Å². The number of nitrogens with two attached hydrogens (primary N) is 1. The van der Waals surface area contributed by atoms with Crippen molar-refractivity contribution in [2.45, 2.75) is 16.6 Å². The van der Waals surface area contributed by atoms with Gasteiger partial charge in [-0.1, -0.05) is 16.9 Å². The van der Waals surface area contributed by atoms with Gasteiger partial charge in [-0.3, -0.25) is 28.6 Å². The molecule has 4 heterocycles. The number of carbonyl (C=O) groups excluding carboxylic acids is 2. The summed E-state index contributed by atoms with van der Waals surface area (Å²) >= 11 is 3.41. The number of anilines is 1. The van der Waals surface area contributed by atoms with Crippen LogP contribution in [0.25, 0.3) is 0 Å². The Labute approximate surface area is 213 Å². The van der Waals surface area contributed by atoms with Crippen LogP contribution in [0.2, 0.25) is 0 Å². The fourth-order valence-corrected chi connectivity index (χ4v) is 6.39. The Morgan fingerprint density at radius 3 is 2.81 bits per heavy atom. The predicted octanol–water partition coefficient (Wildman–Crippen LogP) is -1.61. The SMILES string of the molecule is CON=C(C(=O)N[C@H]1C(=O)N2C(C(=O)O)=C(CSc3n[nH]c(=O)c(=O)n3C)CS[C@@H]12)c1csc(N)n1. The summed E-state index contributed by atoms with van der Waals surface area (Å²) < 4.78 is 1.05. The minimum absolute atomic E-state index is 0.102. The summed E-state index contributed by atoms with van der Waals surface area (Å²) in [4.78, 5) is 70.8. The van der Waals surface area contributed by atoms with E-state index in [1.807, 2.05) is 0 Å². The first-order valence-electron chi connectivity index (χ1n) is 9.96. The number of aromatic amines is 1. The molecule has 0 aliphatic carbocycles. The average molecular weight is 555 g/mol. The van der Waals surface area contributed by atoms with Gasteiger partial charge in [0.15, 0.2) is 16.0 Å². The van der Waals surface area contributed by atoms with Crippen LogP contribution in [-0.2, 0) is 26.3 Å². The number of carboxylic acids is 1. The number of hydrogen-bond donors (Lipinski definition) is 4. The zero-order valence-electron chi connectivity index (χ0n) is 18.6. The Morgan fingerprint density at radius 2 is 2.17 bits per heavy atom. The van der Waals surface area contributed by atoms with Gasteiger partial charge in [-0.05, 0) is 5.57 Å². The van der Waals surface area contributed by atoms with Gasteiger partial charge >= 0.3 is 17.1 Å². The molecule has 1 saturated heterocycles. The number of aliphatic carboxylic acids is 1. The lowest BCUT2D eigenvalue weighted by molar-refractivity contribution is -0.150. The molecule has 15 nitrogen and oxygen atoms in total. The molecular weight excluding hydrogens is 536 g/mol. The summed E-state index contributed by atoms with van der Waals surface area (Å²) in [6.07, 6.45) is 0. The van der Waals surface area contributed by atoms with E-state index in [0.717, 1.165) is 32.6 Å². The van der Waals surface area contributed by atoms with E-state index >= 15 is 0 Å². The maximum Gasteiger partial charge on any atom is 0.352 e. The van der Waals surface area contributed by atoms with E-state index in [0.29, 0.717) is 5.57 Å². The lowest BCUT2D eigenvalue weighted by Crippen LogP contribution is -2.71. The third kappa shape index (κ3) is 4.61. The first kappa shape index (κ1) is 25.5. The van der Waals surface area contributed by atoms with Gasteiger partial charge in [-0.2, -0.15) is 0 Å². The molecule has 18 heteroatoms. The highest BCUT2D eigenvalue weighted by Gasteiger charge is 2.54. The molecular formula is C18H18N8O7S3. The second kappa shape index (κ2) is 10.2. The van der Waals surface area contributed by atoms with Gasteiger partial charge in [0.2, 0.25) is 0 Å². The number of H-pyrrole nitrogens is 1. The Kier molecular flexibility index (Phi) is 7.18. The van der Waals surface area contributed by atoms with Crippen molar-refractivity contribution in [3.05, 3.63) is 43.1 Å². The summed E-state index contributed by atoms with van der Waals surface area (Å²) in [5.41, 5.74) is 4.16. The quantitative estimate of drug-likeness (QED) is 0.0953. The molecule has 0 unspecified atom stereocenters. The molecule has 2 aliphatic rings. The molecule has 2 atom stereocenters. The standard InChI is InChI=1S/C18H18N8O7S3/c1-25-14(30)12(28)22-23-18(25)36-4-6-3-34-15-9(13(29)26(15)10(6)16(31)32)21-11(27)8(24-33-2)7-5-35-17(19)20-7/h5,9,15H,3-4H2,1-2H3,(H2,19,20)(H,21,27)(H,22,28)(H,31,32)/t9-,15-/m0/s1. The summed E-state index contributed by atoms with van der Waals surface area (Å²) in [5, 5.41) is 23.2. The molecule has 2 amide bonds. The molecule has 4 rings (SSSR count). The molecule has 0 saturated carbocycles. The van der Waals surface area contributed by atoms with E-state index < -0.39 is 40.3 Å². The van der Waals surface area contributed by atoms with Crippen molar-refractivity contribution in [3.63, 3.8) is 0 Å². The van der Waals surface area contributed by atoms with E-state index in [1.54, 1.807) is 0 Å². The normalized spacial score (nSPS) is 19.6. The van der Waals surface area contributed by atoms with Crippen LogP contribution in [0.5, 0.6) is 0 Å². The maximum atomic E-state index is 12.9. The van der Waals surface area contributed by atoms with Gasteiger partial charge in [-0.25, -0.2) is 14.9 Å². The van der Waals surface area contributed by atoms with E-state index in [-0.39, 0.29) is 38.9 Å². The van der Waals surface area contributed by atoms with Gasteiger partial charge in [0.25, 0.3) is 11.8 Å². The minimum Gasteiger partial charge on any atom is -0.477 e. The zero-order chi connectivity index (χ0) is 26.1. The van der Waals surface area contributed by atoms with Crippen LogP contribution in [-0.4, -0.2) is 83.3 Å². The van der Waals surface area contributed by atoms with Crippen LogP contribution in [0.3, 0.4) is 0 Å². The monoisotopic (exact) mass is 554 g/mol. The highest BCUT2D eigenvalue weighted by molar-refractivity contribution is 8.01. The van der Waals surface area contributed by atoms with Crippen molar-refractivity contribution in [3.8, 4) is 0 Å². The van der Waals surface area contributed by atoms with E-state index in [9.17, 15) is 29.1 Å². The van der Waals surface area contributed by atoms with Crippen molar-refractivity contribution in [2.24, 2.45) is 12.2 Å². The number of nitrogens with zero attached hydrogens (tertiary/aromatic N) is 5. The fourth-order valence-electron chi connectivity index (χ4n) is 3.44. The number of aromatic nitrogens is 4. The molecule has 2 aromatic rings. The van der Waals surface area contributed by atoms with Gasteiger partial charge < -0.3 is 21.0 Å². The Hall–Kier alpha value is -3.64. The van der Waals surface area contributed by atoms with Crippen LogP contribution in [0, 0.1) is 0 Å². The number of hydrogen-bond acceptors (Lipinski definition) is 13. The van der Waals surface area contributed by atoms with Crippen LogP contribution < -0.4 is 22.2 Å². The molecule has 0 spiro atoms. The van der Waals surface area contributed by atoms with E-state index in [4.69, 9.17) is 10.6 Å². The number of thiazole rings is 1. The highest BCUT2D eigenvalue weighted by atomic mass is 32.2. The van der Waals surface area contributed by atoms with Crippen molar-refractivity contribution >= 4 is 63.5 Å². The number of oxime groups is 1. The van der Waals surface area contributed by atoms with Crippen LogP contribution in [0.1, 0.15) is 5.69 Å². The lowest BCUT2D eigenvalue weighted by atomic mass is 10.0. The van der Waals surface area contributed by atoms with Crippen LogP contribution >= 0.6 is 34.9 Å². The molecule has 190 valence electrons. The fraction of sp³-hybridized carbons (Fsp3) is 0.333. The molecule has 2 aliphatic heterocycles. The van der Waals surface area contributed by atoms with Gasteiger partial charge in [-0.15, -0.1) is 28.2 Å². The molecule has 1 fully saturated rings. The number of carboxylic acid groups (broad SMARTS) is 1. The number of fused-ring (bicyclic) bond motifs is 1. The summed E-state index contributed by atoms with van der Waals surface area (Å²) in [6, 6.07) is -0.995. The number of carbonyl (C=O) groups is 3. The van der Waals surface area contributed by atoms with Crippen molar-refractivity contribution < 1.29 is 24.3 Å². The first-order valence-corrected chi connectivity index (χ1v) is 12.9. The minimum atomic E-state index is -1.31. The molecule has 0 bridgehead atoms. The van der Waals surface area contributed by atoms with Gasteiger partial charge in [0.1, 0.15) is 29.9 Å². The highest BCUT2D eigenvalue weighted by Crippen LogP contribution is 2.41. The predicted molar refractivity (Wildman–Crippen MR) is 131 cm³/mol. The topological polar surface area (TPSA) is 215 Å². The largest absolute Gasteiger partial charge is 0.477 e. The third-order valence-electron chi connectivity index (χ3n) is 5.11. The molecule has 0 aromatic carbocycles. The number of nitrogen functional groups attached to an aromatic ring is 1. The molecule has 36 heavy (non-hydrogen) atoms. The lowest BCUT2D eigenvalue weighted by Gasteiger charge is -2.49. The first-order chi connectivity index (χ1) is 17.1. The number of amides is 2. The molecule has 2 aromatic heterocycles. The average Bonchev–Trinajstić information content (AvgIpc) is 3.28. The summed E-state index contributed by atoms with van der Waals surface area (Å²) in [5.74, 6) is -2.30. The maximum absolute atomic E-state index is 12.9. The smallest absolute Gasteiger partial charge is 0.352 e.